The van der Waals surface area contributed by atoms with Crippen molar-refractivity contribution in [1.82, 2.24) is 5.32 Å². The van der Waals surface area contributed by atoms with E-state index in [4.69, 9.17) is 0 Å². The van der Waals surface area contributed by atoms with E-state index in [1.807, 2.05) is 41.5 Å². The summed E-state index contributed by atoms with van der Waals surface area (Å²) in [5, 5.41) is 13.1. The Morgan fingerprint density at radius 2 is 1.41 bits per heavy atom. The zero-order chi connectivity index (χ0) is 24.0. The van der Waals surface area contributed by atoms with Gasteiger partial charge in [0.1, 0.15) is 17.1 Å². The SMILES string of the molecule is CC(C)(C)c1cc(/C=C2\C(=O)NC(=O)N(c3ccc(F)cc3)C2=O)cc(C(C)(C)C)c1O. The number of benzene rings is 2. The van der Waals surface area contributed by atoms with Crippen LogP contribution in [0.1, 0.15) is 58.2 Å². The highest BCUT2D eigenvalue weighted by molar-refractivity contribution is 6.39. The van der Waals surface area contributed by atoms with E-state index in [0.29, 0.717) is 16.7 Å². The van der Waals surface area contributed by atoms with Crippen molar-refractivity contribution < 1.29 is 23.9 Å². The van der Waals surface area contributed by atoms with Gasteiger partial charge in [-0.2, -0.15) is 0 Å². The van der Waals surface area contributed by atoms with Crippen LogP contribution in [0.5, 0.6) is 5.75 Å². The molecule has 1 aliphatic rings. The number of amides is 4. The van der Waals surface area contributed by atoms with Crippen molar-refractivity contribution in [2.24, 2.45) is 0 Å². The van der Waals surface area contributed by atoms with Crippen LogP contribution in [0, 0.1) is 5.82 Å². The van der Waals surface area contributed by atoms with Crippen LogP contribution >= 0.6 is 0 Å². The summed E-state index contributed by atoms with van der Waals surface area (Å²) in [5.41, 5.74) is 1.01. The maximum Gasteiger partial charge on any atom is 0.335 e. The fourth-order valence-electron chi connectivity index (χ4n) is 3.53. The lowest BCUT2D eigenvalue weighted by Gasteiger charge is -2.28. The predicted octanol–water partition coefficient (Wildman–Crippen LogP) is 4.79. The number of urea groups is 1. The normalized spacial score (nSPS) is 16.5. The van der Waals surface area contributed by atoms with Crippen molar-refractivity contribution in [2.45, 2.75) is 52.4 Å². The van der Waals surface area contributed by atoms with Crippen LogP contribution < -0.4 is 10.2 Å². The fraction of sp³-hybridized carbons (Fsp3) is 0.320. The number of rotatable bonds is 2. The van der Waals surface area contributed by atoms with Crippen molar-refractivity contribution in [3.05, 3.63) is 64.5 Å². The first-order chi connectivity index (χ1) is 14.7. The molecular formula is C25H27FN2O4. The summed E-state index contributed by atoms with van der Waals surface area (Å²) < 4.78 is 13.3. The number of nitrogens with one attached hydrogen (secondary N) is 1. The molecule has 168 valence electrons. The molecule has 1 aliphatic heterocycles. The van der Waals surface area contributed by atoms with Gasteiger partial charge < -0.3 is 5.11 Å². The highest BCUT2D eigenvalue weighted by Gasteiger charge is 2.37. The first kappa shape index (κ1) is 23.2. The largest absolute Gasteiger partial charge is 0.507 e. The number of anilines is 1. The van der Waals surface area contributed by atoms with Crippen LogP contribution in [-0.2, 0) is 20.4 Å². The number of carbonyl (C=O) groups is 3. The average molecular weight is 438 g/mol. The number of nitrogens with zero attached hydrogens (tertiary/aromatic N) is 1. The Balaban J connectivity index is 2.15. The number of hydrogen-bond acceptors (Lipinski definition) is 4. The Kier molecular flexibility index (Phi) is 5.72. The average Bonchev–Trinajstić information content (AvgIpc) is 2.65. The third kappa shape index (κ3) is 4.42. The number of carbonyl (C=O) groups excluding carboxylic acids is 3. The summed E-state index contributed by atoms with van der Waals surface area (Å²) in [6, 6.07) is 7.39. The maximum atomic E-state index is 13.3. The minimum Gasteiger partial charge on any atom is -0.507 e. The molecule has 32 heavy (non-hydrogen) atoms. The lowest BCUT2D eigenvalue weighted by atomic mass is 9.78. The van der Waals surface area contributed by atoms with Gasteiger partial charge in [-0.1, -0.05) is 41.5 Å². The number of hydrogen-bond donors (Lipinski definition) is 2. The number of barbiturate groups is 1. The highest BCUT2D eigenvalue weighted by Crippen LogP contribution is 2.40. The molecule has 1 saturated heterocycles. The number of halogens is 1. The molecule has 0 atom stereocenters. The van der Waals surface area contributed by atoms with E-state index < -0.39 is 34.5 Å². The van der Waals surface area contributed by atoms with Gasteiger partial charge >= 0.3 is 6.03 Å². The molecule has 0 bridgehead atoms. The molecule has 4 amide bonds. The van der Waals surface area contributed by atoms with Crippen LogP contribution in [0.25, 0.3) is 6.08 Å². The van der Waals surface area contributed by atoms with Gasteiger partial charge in [-0.15, -0.1) is 0 Å². The van der Waals surface area contributed by atoms with E-state index in [9.17, 15) is 23.9 Å². The summed E-state index contributed by atoms with van der Waals surface area (Å²) in [4.78, 5) is 38.8. The maximum absolute atomic E-state index is 13.3. The van der Waals surface area contributed by atoms with Gasteiger partial charge in [-0.3, -0.25) is 14.9 Å². The summed E-state index contributed by atoms with van der Waals surface area (Å²) in [7, 11) is 0. The lowest BCUT2D eigenvalue weighted by molar-refractivity contribution is -0.122. The van der Waals surface area contributed by atoms with E-state index in [1.165, 1.54) is 18.2 Å². The Bertz CT molecular complexity index is 1100. The molecule has 1 fully saturated rings. The Morgan fingerprint density at radius 3 is 1.88 bits per heavy atom. The zero-order valence-electron chi connectivity index (χ0n) is 19.0. The molecule has 3 rings (SSSR count). The quantitative estimate of drug-likeness (QED) is 0.521. The molecule has 2 aromatic carbocycles. The minimum atomic E-state index is -0.903. The molecule has 6 nitrogen and oxygen atoms in total. The topological polar surface area (TPSA) is 86.7 Å². The monoisotopic (exact) mass is 438 g/mol. The summed E-state index contributed by atoms with van der Waals surface area (Å²) in [6.07, 6.45) is 1.41. The van der Waals surface area contributed by atoms with Gasteiger partial charge in [-0.25, -0.2) is 14.1 Å². The van der Waals surface area contributed by atoms with Crippen molar-refractivity contribution >= 4 is 29.6 Å². The van der Waals surface area contributed by atoms with E-state index >= 15 is 0 Å². The van der Waals surface area contributed by atoms with E-state index in [0.717, 1.165) is 17.0 Å². The third-order valence-electron chi connectivity index (χ3n) is 5.25. The number of imide groups is 2. The van der Waals surface area contributed by atoms with Crippen molar-refractivity contribution in [3.63, 3.8) is 0 Å². The van der Waals surface area contributed by atoms with E-state index in [2.05, 4.69) is 5.32 Å². The Morgan fingerprint density at radius 1 is 0.906 bits per heavy atom. The second-order valence-electron chi connectivity index (χ2n) is 9.90. The van der Waals surface area contributed by atoms with Crippen LogP contribution in [0.3, 0.4) is 0 Å². The van der Waals surface area contributed by atoms with Crippen LogP contribution in [0.4, 0.5) is 14.9 Å². The third-order valence-corrected chi connectivity index (χ3v) is 5.25. The number of phenolic OH excluding ortho intramolecular Hbond substituents is 1. The first-order valence-electron chi connectivity index (χ1n) is 10.2. The Labute approximate surface area is 186 Å². The molecule has 1 heterocycles. The smallest absolute Gasteiger partial charge is 0.335 e. The fourth-order valence-corrected chi connectivity index (χ4v) is 3.53. The molecule has 2 N–H and O–H groups in total. The zero-order valence-corrected chi connectivity index (χ0v) is 19.0. The predicted molar refractivity (Wildman–Crippen MR) is 121 cm³/mol. The lowest BCUT2D eigenvalue weighted by Crippen LogP contribution is -2.54. The van der Waals surface area contributed by atoms with Gasteiger partial charge in [-0.05, 0) is 58.9 Å². The van der Waals surface area contributed by atoms with Gasteiger partial charge in [0.25, 0.3) is 11.8 Å². The van der Waals surface area contributed by atoms with E-state index in [1.54, 1.807) is 12.1 Å². The number of aromatic hydroxyl groups is 1. The molecule has 0 aromatic heterocycles. The molecule has 0 radical (unpaired) electrons. The second-order valence-corrected chi connectivity index (χ2v) is 9.90. The molecule has 0 unspecified atom stereocenters. The molecule has 7 heteroatoms. The van der Waals surface area contributed by atoms with Crippen molar-refractivity contribution in [3.8, 4) is 5.75 Å². The molecule has 2 aromatic rings. The molecule has 0 aliphatic carbocycles. The molecule has 0 spiro atoms. The van der Waals surface area contributed by atoms with Gasteiger partial charge in [0.15, 0.2) is 0 Å². The van der Waals surface area contributed by atoms with Crippen LogP contribution in [0.2, 0.25) is 0 Å². The standard InChI is InChI=1S/C25H27FN2O4/c1-24(2,3)18-12-14(13-19(20(18)29)25(4,5)6)11-17-21(30)27-23(32)28(22(17)31)16-9-7-15(26)8-10-16/h7-13,29H,1-6H3,(H,27,30,32)/b17-11+. The minimum absolute atomic E-state index is 0.142. The second kappa shape index (κ2) is 7.89. The van der Waals surface area contributed by atoms with Gasteiger partial charge in [0, 0.05) is 11.1 Å². The van der Waals surface area contributed by atoms with Gasteiger partial charge in [0.2, 0.25) is 0 Å². The number of phenols is 1. The molecule has 0 saturated carbocycles. The highest BCUT2D eigenvalue weighted by atomic mass is 19.1. The van der Waals surface area contributed by atoms with E-state index in [-0.39, 0.29) is 17.0 Å². The van der Waals surface area contributed by atoms with Crippen molar-refractivity contribution in [1.29, 1.82) is 0 Å². The summed E-state index contributed by atoms with van der Waals surface area (Å²) in [5.74, 6) is -1.97. The first-order valence-corrected chi connectivity index (χ1v) is 10.2. The van der Waals surface area contributed by atoms with Crippen LogP contribution in [0.15, 0.2) is 42.0 Å². The summed E-state index contributed by atoms with van der Waals surface area (Å²) in [6.45, 7) is 11.7. The Hall–Kier alpha value is -3.48. The molecular weight excluding hydrogens is 411 g/mol. The summed E-state index contributed by atoms with van der Waals surface area (Å²) >= 11 is 0. The van der Waals surface area contributed by atoms with Crippen molar-refractivity contribution in [2.75, 3.05) is 4.90 Å². The van der Waals surface area contributed by atoms with Crippen LogP contribution in [-0.4, -0.2) is 23.0 Å². The van der Waals surface area contributed by atoms with Gasteiger partial charge in [0.05, 0.1) is 5.69 Å².